The van der Waals surface area contributed by atoms with Crippen LogP contribution in [0.1, 0.15) is 59.4 Å². The van der Waals surface area contributed by atoms with E-state index in [2.05, 4.69) is 362 Å². The molecule has 0 N–H and O–H groups in total. The maximum Gasteiger partial charge on any atom is 0.0465 e. The van der Waals surface area contributed by atoms with Crippen molar-refractivity contribution in [3.63, 3.8) is 0 Å². The minimum Gasteiger partial charge on any atom is -0.345 e. The molecule has 12 aromatic rings. The van der Waals surface area contributed by atoms with Crippen LogP contribution in [0.4, 0.5) is 62.6 Å². The summed E-state index contributed by atoms with van der Waals surface area (Å²) < 4.78 is 0. The summed E-state index contributed by atoms with van der Waals surface area (Å²) in [7, 11) is 2.18. The summed E-state index contributed by atoms with van der Waals surface area (Å²) in [5, 5.41) is 0.995. The van der Waals surface area contributed by atoms with Crippen LogP contribution in [0, 0.1) is 0 Å². The highest BCUT2D eigenvalue weighted by Crippen LogP contribution is 2.54. The summed E-state index contributed by atoms with van der Waals surface area (Å²) in [4.78, 5) is 9.37. The quantitative estimate of drug-likeness (QED) is 0.101. The van der Waals surface area contributed by atoms with Crippen molar-refractivity contribution in [1.29, 1.82) is 0 Å². The maximum atomic E-state index is 2.45. The van der Waals surface area contributed by atoms with Gasteiger partial charge in [0.05, 0.1) is 0 Å². The van der Waals surface area contributed by atoms with Crippen LogP contribution in [0.5, 0.6) is 0 Å². The number of para-hydroxylation sites is 4. The summed E-state index contributed by atoms with van der Waals surface area (Å²) >= 11 is 2.11. The molecule has 1 aliphatic carbocycles. The summed E-state index contributed by atoms with van der Waals surface area (Å²) in [6, 6.07) is 113. The molecule has 2 atom stereocenters. The van der Waals surface area contributed by atoms with Crippen molar-refractivity contribution < 1.29 is 0 Å². The van der Waals surface area contributed by atoms with Gasteiger partial charge in [0.1, 0.15) is 0 Å². The molecule has 0 aromatic heterocycles. The van der Waals surface area contributed by atoms with Gasteiger partial charge in [0, 0.05) is 85.5 Å². The third kappa shape index (κ3) is 10.6. The monoisotopic (exact) mass is 1110 g/mol. The van der Waals surface area contributed by atoms with Crippen LogP contribution in [0.2, 0.25) is 0 Å². The van der Waals surface area contributed by atoms with Crippen LogP contribution in [0.3, 0.4) is 0 Å². The van der Waals surface area contributed by atoms with Gasteiger partial charge in [0.15, 0.2) is 0 Å². The second-order valence-electron chi connectivity index (χ2n) is 22.9. The number of hydrogen-bond donors (Lipinski definition) is 0. The number of nitrogens with zero attached hydrogens (tertiary/aromatic N) is 4. The number of rotatable bonds is 15. The Bertz CT molecular complexity index is 4140. The summed E-state index contributed by atoms with van der Waals surface area (Å²) in [5.74, 6) is 0. The van der Waals surface area contributed by atoms with Crippen LogP contribution in [-0.4, -0.2) is 7.05 Å². The van der Waals surface area contributed by atoms with Crippen LogP contribution < -0.4 is 19.6 Å². The predicted octanol–water partition coefficient (Wildman–Crippen LogP) is 22.8. The van der Waals surface area contributed by atoms with E-state index in [-0.39, 0.29) is 5.41 Å². The summed E-state index contributed by atoms with van der Waals surface area (Å²) in [6.45, 7) is 4.79. The molecule has 2 unspecified atom stereocenters. The number of hydrogen-bond acceptors (Lipinski definition) is 5. The molecule has 1 aliphatic heterocycles. The molecule has 85 heavy (non-hydrogen) atoms. The minimum absolute atomic E-state index is 0.249. The van der Waals surface area contributed by atoms with E-state index < -0.39 is 0 Å². The number of fused-ring (bicyclic) bond motifs is 3. The van der Waals surface area contributed by atoms with Gasteiger partial charge in [-0.1, -0.05) is 190 Å². The second kappa shape index (κ2) is 23.1. The number of anilines is 11. The highest BCUT2D eigenvalue weighted by molar-refractivity contribution is 8.00. The minimum atomic E-state index is -0.249. The van der Waals surface area contributed by atoms with E-state index in [1.165, 1.54) is 68.5 Å². The molecule has 412 valence electrons. The first-order chi connectivity index (χ1) is 41.8. The lowest BCUT2D eigenvalue weighted by molar-refractivity contribution is 0.660. The lowest BCUT2D eigenvalue weighted by Gasteiger charge is -2.29. The second-order valence-corrected chi connectivity index (χ2v) is 24.3. The Labute approximate surface area is 505 Å². The topological polar surface area (TPSA) is 13.0 Å². The van der Waals surface area contributed by atoms with E-state index in [0.717, 1.165) is 62.6 Å². The van der Waals surface area contributed by atoms with Crippen molar-refractivity contribution in [2.24, 2.45) is 0 Å². The van der Waals surface area contributed by atoms with E-state index in [1.807, 2.05) is 0 Å². The van der Waals surface area contributed by atoms with Crippen LogP contribution in [-0.2, 0) is 5.41 Å². The molecule has 0 radical (unpaired) electrons. The first kappa shape index (κ1) is 53.2. The fourth-order valence-corrected chi connectivity index (χ4v) is 14.3. The summed E-state index contributed by atoms with van der Waals surface area (Å²) in [5.41, 5.74) is 25.0. The fraction of sp³-hybridized carbons (Fsp3) is 0.100. The molecule has 12 aromatic carbocycles. The molecule has 0 saturated carbocycles. The molecule has 0 spiro atoms. The van der Waals surface area contributed by atoms with Crippen molar-refractivity contribution >= 4 is 74.3 Å². The van der Waals surface area contributed by atoms with Gasteiger partial charge in [-0.05, 0) is 202 Å². The van der Waals surface area contributed by atoms with E-state index in [1.54, 1.807) is 0 Å². The number of thioether (sulfide) groups is 1. The molecule has 1 saturated heterocycles. The Kier molecular flexibility index (Phi) is 14.5. The van der Waals surface area contributed by atoms with Gasteiger partial charge in [0.25, 0.3) is 0 Å². The van der Waals surface area contributed by atoms with Crippen LogP contribution in [0.25, 0.3) is 33.4 Å². The predicted molar refractivity (Wildman–Crippen MR) is 362 cm³/mol. The standard InChI is InChI=1S/C80H66N4S/c1-80(2)76-55-72(81(3)63-39-29-57(30-40-63)58-31-41-68(42-32-58)82(64-21-11-5-12-22-64)65-23-13-6-14-24-65)49-51-74(76)75-52-50-73(56-77(75)80)84(71-47-37-62(38-48-71)79-54-53-78(85-79)61-19-9-4-10-20-61)70-45-35-60(36-46-70)59-33-43-69(44-34-59)83(66-25-15-7-16-26-66)67-27-17-8-18-28-67/h4-52,55-56,78-79H,53-54H2,1-3H3. The van der Waals surface area contributed by atoms with Crippen molar-refractivity contribution in [3.05, 3.63) is 332 Å². The molecular formula is C80H66N4S. The van der Waals surface area contributed by atoms with Crippen LogP contribution >= 0.6 is 11.8 Å². The Balaban J connectivity index is 0.736. The normalized spacial score (nSPS) is 14.7. The van der Waals surface area contributed by atoms with Gasteiger partial charge in [-0.25, -0.2) is 0 Å². The van der Waals surface area contributed by atoms with Gasteiger partial charge >= 0.3 is 0 Å². The van der Waals surface area contributed by atoms with Crippen molar-refractivity contribution in [2.75, 3.05) is 26.6 Å². The third-order valence-electron chi connectivity index (χ3n) is 17.4. The number of benzene rings is 12. The van der Waals surface area contributed by atoms with E-state index in [4.69, 9.17) is 0 Å². The molecule has 2 aliphatic rings. The zero-order valence-corrected chi connectivity index (χ0v) is 49.0. The summed E-state index contributed by atoms with van der Waals surface area (Å²) in [6.07, 6.45) is 2.37. The molecule has 1 fully saturated rings. The van der Waals surface area contributed by atoms with Crippen LogP contribution in [0.15, 0.2) is 309 Å². The van der Waals surface area contributed by atoms with Crippen molar-refractivity contribution in [1.82, 2.24) is 0 Å². The van der Waals surface area contributed by atoms with E-state index in [9.17, 15) is 0 Å². The SMILES string of the molecule is CN(c1ccc(-c2ccc(N(c3ccccc3)c3ccccc3)cc2)cc1)c1ccc2c(c1)C(C)(C)c1cc(N(c3ccc(-c4ccc(N(c5ccccc5)c5ccccc5)cc4)cc3)c3ccc(C4CCC(c5ccccc5)S4)cc3)ccc1-2. The van der Waals surface area contributed by atoms with Crippen molar-refractivity contribution in [3.8, 4) is 33.4 Å². The van der Waals surface area contributed by atoms with Gasteiger partial charge < -0.3 is 19.6 Å². The van der Waals surface area contributed by atoms with Crippen molar-refractivity contribution in [2.45, 2.75) is 42.6 Å². The average molecular weight is 1120 g/mol. The van der Waals surface area contributed by atoms with Gasteiger partial charge in [0.2, 0.25) is 0 Å². The highest BCUT2D eigenvalue weighted by atomic mass is 32.2. The first-order valence-electron chi connectivity index (χ1n) is 29.7. The lowest BCUT2D eigenvalue weighted by Crippen LogP contribution is -2.17. The molecule has 0 bridgehead atoms. The fourth-order valence-electron chi connectivity index (χ4n) is 12.8. The van der Waals surface area contributed by atoms with Gasteiger partial charge in [-0.2, -0.15) is 0 Å². The Morgan fingerprint density at radius 2 is 0.553 bits per heavy atom. The Morgan fingerprint density at radius 3 is 0.929 bits per heavy atom. The van der Waals surface area contributed by atoms with E-state index in [0.29, 0.717) is 10.5 Å². The first-order valence-corrected chi connectivity index (χ1v) is 30.6. The molecule has 1 heterocycles. The molecule has 5 heteroatoms. The average Bonchev–Trinajstić information content (AvgIpc) is 2.32. The smallest absolute Gasteiger partial charge is 0.0465 e. The Hall–Kier alpha value is -9.81. The highest BCUT2D eigenvalue weighted by Gasteiger charge is 2.37. The zero-order valence-electron chi connectivity index (χ0n) is 48.2. The van der Waals surface area contributed by atoms with Gasteiger partial charge in [-0.15, -0.1) is 11.8 Å². The third-order valence-corrected chi connectivity index (χ3v) is 19.0. The molecule has 0 amide bonds. The Morgan fingerprint density at radius 1 is 0.282 bits per heavy atom. The lowest BCUT2D eigenvalue weighted by atomic mass is 9.82. The largest absolute Gasteiger partial charge is 0.345 e. The van der Waals surface area contributed by atoms with Gasteiger partial charge in [-0.3, -0.25) is 0 Å². The molecule has 14 rings (SSSR count). The molecule has 4 nitrogen and oxygen atoms in total. The van der Waals surface area contributed by atoms with E-state index >= 15 is 0 Å². The molecular weight excluding hydrogens is 1050 g/mol. The zero-order chi connectivity index (χ0) is 57.3. The maximum absolute atomic E-state index is 2.45.